The second kappa shape index (κ2) is 6.02. The first kappa shape index (κ1) is 14.9. The van der Waals surface area contributed by atoms with Gasteiger partial charge in [-0.15, -0.1) is 11.3 Å². The fraction of sp³-hybridized carbons (Fsp3) is 0.133. The number of rotatable bonds is 3. The molecule has 3 aromatic rings. The molecule has 0 radical (unpaired) electrons. The molecule has 0 aliphatic rings. The molecule has 0 bridgehead atoms. The molecule has 0 saturated heterocycles. The van der Waals surface area contributed by atoms with Gasteiger partial charge in [0.05, 0.1) is 0 Å². The molecule has 2 aromatic heterocycles. The summed E-state index contributed by atoms with van der Waals surface area (Å²) in [5.74, 6) is -0.419. The van der Waals surface area contributed by atoms with E-state index in [1.54, 1.807) is 0 Å². The highest BCUT2D eigenvalue weighted by Gasteiger charge is 2.14. The van der Waals surface area contributed by atoms with Crippen LogP contribution in [0.3, 0.4) is 0 Å². The van der Waals surface area contributed by atoms with E-state index in [0.29, 0.717) is 11.5 Å². The lowest BCUT2D eigenvalue weighted by Gasteiger charge is -2.06. The van der Waals surface area contributed by atoms with Gasteiger partial charge in [-0.25, -0.2) is 4.98 Å². The highest BCUT2D eigenvalue weighted by molar-refractivity contribution is 9.10. The molecular weight excluding hydrogens is 366 g/mol. The van der Waals surface area contributed by atoms with E-state index in [9.17, 15) is 9.59 Å². The van der Waals surface area contributed by atoms with Gasteiger partial charge in [0, 0.05) is 28.3 Å². The summed E-state index contributed by atoms with van der Waals surface area (Å²) in [6.45, 7) is 2.17. The van der Waals surface area contributed by atoms with E-state index in [0.717, 1.165) is 15.7 Å². The van der Waals surface area contributed by atoms with Crippen molar-refractivity contribution in [3.8, 4) is 0 Å². The number of nitrogens with one attached hydrogen (secondary N) is 1. The molecule has 0 aliphatic carbocycles. The van der Waals surface area contributed by atoms with Crippen LogP contribution in [0.25, 0.3) is 4.96 Å². The van der Waals surface area contributed by atoms with Gasteiger partial charge < -0.3 is 5.32 Å². The third kappa shape index (κ3) is 2.82. The number of hydrogen-bond donors (Lipinski definition) is 1. The number of aryl methyl sites for hydroxylation is 1. The first-order valence-electron chi connectivity index (χ1n) is 6.55. The van der Waals surface area contributed by atoms with Crippen LogP contribution in [0.5, 0.6) is 0 Å². The van der Waals surface area contributed by atoms with Crippen LogP contribution in [-0.2, 0) is 6.54 Å². The lowest BCUT2D eigenvalue weighted by molar-refractivity contribution is 0.0949. The number of halogens is 1. The van der Waals surface area contributed by atoms with Gasteiger partial charge in [-0.1, -0.05) is 28.1 Å². The average Bonchev–Trinajstić information content (AvgIpc) is 2.87. The van der Waals surface area contributed by atoms with Gasteiger partial charge in [0.2, 0.25) is 0 Å². The minimum atomic E-state index is -0.419. The van der Waals surface area contributed by atoms with E-state index in [1.807, 2.05) is 36.6 Å². The molecule has 0 atom stereocenters. The first-order chi connectivity index (χ1) is 10.6. The third-order valence-electron chi connectivity index (χ3n) is 3.20. The SMILES string of the molecule is Cc1csc2ncc(C(=O)NCc3cccc(Br)c3)c(=O)n12. The van der Waals surface area contributed by atoms with Crippen molar-refractivity contribution in [1.29, 1.82) is 0 Å². The summed E-state index contributed by atoms with van der Waals surface area (Å²) in [6, 6.07) is 7.62. The number of carbonyl (C=O) groups excluding carboxylic acids is 1. The van der Waals surface area contributed by atoms with Crippen LogP contribution in [0.1, 0.15) is 21.6 Å². The lowest BCUT2D eigenvalue weighted by atomic mass is 10.2. The molecule has 1 amide bonds. The van der Waals surface area contributed by atoms with Gasteiger partial charge >= 0.3 is 0 Å². The Hall–Kier alpha value is -1.99. The van der Waals surface area contributed by atoms with Crippen LogP contribution in [-0.4, -0.2) is 15.3 Å². The molecular formula is C15H12BrN3O2S. The molecule has 0 spiro atoms. The summed E-state index contributed by atoms with van der Waals surface area (Å²) in [5.41, 5.74) is 1.44. The van der Waals surface area contributed by atoms with E-state index in [4.69, 9.17) is 0 Å². The van der Waals surface area contributed by atoms with Gasteiger partial charge in [-0.05, 0) is 24.6 Å². The molecule has 22 heavy (non-hydrogen) atoms. The Kier molecular flexibility index (Phi) is 4.08. The Labute approximate surface area is 138 Å². The molecule has 0 aliphatic heterocycles. The van der Waals surface area contributed by atoms with Crippen molar-refractivity contribution in [2.45, 2.75) is 13.5 Å². The molecule has 112 valence electrons. The number of carbonyl (C=O) groups is 1. The highest BCUT2D eigenvalue weighted by atomic mass is 79.9. The Morgan fingerprint density at radius 1 is 1.45 bits per heavy atom. The number of benzene rings is 1. The molecule has 0 saturated carbocycles. The van der Waals surface area contributed by atoms with Gasteiger partial charge in [-0.3, -0.25) is 14.0 Å². The van der Waals surface area contributed by atoms with Gasteiger partial charge in [-0.2, -0.15) is 0 Å². The molecule has 2 heterocycles. The van der Waals surface area contributed by atoms with Crippen molar-refractivity contribution < 1.29 is 4.79 Å². The van der Waals surface area contributed by atoms with Crippen molar-refractivity contribution in [1.82, 2.24) is 14.7 Å². The normalized spacial score (nSPS) is 10.8. The standard InChI is InChI=1S/C15H12BrN3O2S/c1-9-8-22-15-18-7-12(14(21)19(9)15)13(20)17-6-10-3-2-4-11(16)5-10/h2-5,7-8H,6H2,1H3,(H,17,20). The largest absolute Gasteiger partial charge is 0.348 e. The first-order valence-corrected chi connectivity index (χ1v) is 8.22. The number of nitrogens with zero attached hydrogens (tertiary/aromatic N) is 2. The zero-order chi connectivity index (χ0) is 15.7. The molecule has 7 heteroatoms. The Morgan fingerprint density at radius 2 is 2.27 bits per heavy atom. The summed E-state index contributed by atoms with van der Waals surface area (Å²) < 4.78 is 2.40. The predicted octanol–water partition coefficient (Wildman–Crippen LogP) is 2.76. The number of amides is 1. The van der Waals surface area contributed by atoms with Gasteiger partial charge in [0.15, 0.2) is 4.96 Å². The fourth-order valence-corrected chi connectivity index (χ4v) is 3.38. The molecule has 5 nitrogen and oxygen atoms in total. The maximum Gasteiger partial charge on any atom is 0.271 e. The third-order valence-corrected chi connectivity index (χ3v) is 4.65. The van der Waals surface area contributed by atoms with E-state index in [2.05, 4.69) is 26.2 Å². The van der Waals surface area contributed by atoms with Crippen LogP contribution in [0.4, 0.5) is 0 Å². The van der Waals surface area contributed by atoms with Crippen molar-refractivity contribution in [3.05, 3.63) is 67.5 Å². The van der Waals surface area contributed by atoms with Gasteiger partial charge in [0.1, 0.15) is 5.56 Å². The quantitative estimate of drug-likeness (QED) is 0.763. The second-order valence-corrected chi connectivity index (χ2v) is 6.54. The maximum absolute atomic E-state index is 12.4. The molecule has 0 fully saturated rings. The minimum absolute atomic E-state index is 0.0500. The lowest BCUT2D eigenvalue weighted by Crippen LogP contribution is -2.31. The predicted molar refractivity (Wildman–Crippen MR) is 89.4 cm³/mol. The van der Waals surface area contributed by atoms with Crippen molar-refractivity contribution in [2.24, 2.45) is 0 Å². The number of aromatic nitrogens is 2. The van der Waals surface area contributed by atoms with Crippen molar-refractivity contribution >= 4 is 38.1 Å². The van der Waals surface area contributed by atoms with Crippen LogP contribution in [0.15, 0.2) is 45.1 Å². The fourth-order valence-electron chi connectivity index (χ4n) is 2.11. The Bertz CT molecular complexity index is 917. The number of fused-ring (bicyclic) bond motifs is 1. The van der Waals surface area contributed by atoms with Crippen LogP contribution in [0.2, 0.25) is 0 Å². The highest BCUT2D eigenvalue weighted by Crippen LogP contribution is 2.12. The van der Waals surface area contributed by atoms with Crippen molar-refractivity contribution in [3.63, 3.8) is 0 Å². The van der Waals surface area contributed by atoms with Crippen molar-refractivity contribution in [2.75, 3.05) is 0 Å². The molecule has 1 aromatic carbocycles. The molecule has 1 N–H and O–H groups in total. The average molecular weight is 378 g/mol. The monoisotopic (exact) mass is 377 g/mol. The Balaban J connectivity index is 1.85. The zero-order valence-electron chi connectivity index (χ0n) is 11.7. The summed E-state index contributed by atoms with van der Waals surface area (Å²) in [6.07, 6.45) is 1.34. The number of hydrogen-bond acceptors (Lipinski definition) is 4. The van der Waals surface area contributed by atoms with Crippen LogP contribution < -0.4 is 10.9 Å². The zero-order valence-corrected chi connectivity index (χ0v) is 14.1. The molecule has 3 rings (SSSR count). The van der Waals surface area contributed by atoms with Crippen LogP contribution in [0, 0.1) is 6.92 Å². The summed E-state index contributed by atoms with van der Waals surface area (Å²) >= 11 is 4.76. The Morgan fingerprint density at radius 3 is 3.05 bits per heavy atom. The topological polar surface area (TPSA) is 63.5 Å². The van der Waals surface area contributed by atoms with E-state index in [-0.39, 0.29) is 11.1 Å². The maximum atomic E-state index is 12.4. The smallest absolute Gasteiger partial charge is 0.271 e. The summed E-state index contributed by atoms with van der Waals surface area (Å²) in [7, 11) is 0. The second-order valence-electron chi connectivity index (χ2n) is 4.78. The summed E-state index contributed by atoms with van der Waals surface area (Å²) in [4.78, 5) is 29.4. The van der Waals surface area contributed by atoms with E-state index < -0.39 is 5.91 Å². The van der Waals surface area contributed by atoms with E-state index in [1.165, 1.54) is 21.9 Å². The number of thiazole rings is 1. The minimum Gasteiger partial charge on any atom is -0.348 e. The van der Waals surface area contributed by atoms with Crippen LogP contribution >= 0.6 is 27.3 Å². The summed E-state index contributed by atoms with van der Waals surface area (Å²) in [5, 5.41) is 4.59. The molecule has 0 unspecified atom stereocenters. The van der Waals surface area contributed by atoms with Gasteiger partial charge in [0.25, 0.3) is 11.5 Å². The van der Waals surface area contributed by atoms with E-state index >= 15 is 0 Å².